The first kappa shape index (κ1) is 13.2. The minimum Gasteiger partial charge on any atom is -0.294 e. The summed E-state index contributed by atoms with van der Waals surface area (Å²) in [6.07, 6.45) is 0.125. The molecule has 0 heterocycles. The van der Waals surface area contributed by atoms with Gasteiger partial charge in [0.25, 0.3) is 0 Å². The number of benzene rings is 2. The molecule has 4 heteroatoms. The van der Waals surface area contributed by atoms with Gasteiger partial charge in [0.2, 0.25) is 0 Å². The molecule has 92 valence electrons. The van der Waals surface area contributed by atoms with E-state index in [4.69, 9.17) is 11.6 Å². The minimum absolute atomic E-state index is 0.0810. The third-order valence-electron chi connectivity index (χ3n) is 2.50. The van der Waals surface area contributed by atoms with E-state index in [2.05, 4.69) is 15.9 Å². The first-order chi connectivity index (χ1) is 8.58. The van der Waals surface area contributed by atoms with Crippen LogP contribution in [0.2, 0.25) is 5.02 Å². The first-order valence-corrected chi connectivity index (χ1v) is 6.46. The molecule has 0 amide bonds. The largest absolute Gasteiger partial charge is 0.294 e. The van der Waals surface area contributed by atoms with Gasteiger partial charge in [-0.25, -0.2) is 4.39 Å². The molecule has 18 heavy (non-hydrogen) atoms. The van der Waals surface area contributed by atoms with Crippen LogP contribution in [-0.4, -0.2) is 5.78 Å². The zero-order chi connectivity index (χ0) is 13.1. The number of hydrogen-bond acceptors (Lipinski definition) is 1. The molecular weight excluding hydrogens is 319 g/mol. The van der Waals surface area contributed by atoms with Crippen molar-refractivity contribution in [1.29, 1.82) is 0 Å². The first-order valence-electron chi connectivity index (χ1n) is 5.29. The number of hydrogen-bond donors (Lipinski definition) is 0. The van der Waals surface area contributed by atoms with Gasteiger partial charge < -0.3 is 0 Å². The van der Waals surface area contributed by atoms with E-state index < -0.39 is 5.82 Å². The second-order valence-corrected chi connectivity index (χ2v) is 5.12. The lowest BCUT2D eigenvalue weighted by Gasteiger charge is -2.05. The molecule has 0 aliphatic heterocycles. The summed E-state index contributed by atoms with van der Waals surface area (Å²) in [7, 11) is 0. The molecule has 0 fully saturated rings. The van der Waals surface area contributed by atoms with Crippen LogP contribution in [-0.2, 0) is 6.42 Å². The topological polar surface area (TPSA) is 17.1 Å². The molecule has 0 aliphatic carbocycles. The standard InChI is InChI=1S/C14H9BrClFO/c15-11-5-2-6-12(17)14(11)13(18)8-9-3-1-4-10(16)7-9/h1-7H,8H2. The molecule has 1 nitrogen and oxygen atoms in total. The summed E-state index contributed by atoms with van der Waals surface area (Å²) in [5, 5.41) is 0.563. The second kappa shape index (κ2) is 5.63. The fourth-order valence-corrected chi connectivity index (χ4v) is 2.46. The van der Waals surface area contributed by atoms with E-state index >= 15 is 0 Å². The van der Waals surface area contributed by atoms with Gasteiger partial charge in [-0.3, -0.25) is 4.79 Å². The van der Waals surface area contributed by atoms with Crippen molar-refractivity contribution in [3.8, 4) is 0 Å². The fraction of sp³-hybridized carbons (Fsp3) is 0.0714. The monoisotopic (exact) mass is 326 g/mol. The van der Waals surface area contributed by atoms with Crippen LogP contribution in [0.15, 0.2) is 46.9 Å². The summed E-state index contributed by atoms with van der Waals surface area (Å²) in [6, 6.07) is 11.5. The maximum atomic E-state index is 13.6. The van der Waals surface area contributed by atoms with Gasteiger partial charge in [0.05, 0.1) is 5.56 Å². The highest BCUT2D eigenvalue weighted by atomic mass is 79.9. The van der Waals surface area contributed by atoms with Crippen molar-refractivity contribution in [3.05, 3.63) is 68.9 Å². The lowest BCUT2D eigenvalue weighted by atomic mass is 10.0. The molecule has 2 rings (SSSR count). The molecule has 0 radical (unpaired) electrons. The number of rotatable bonds is 3. The SMILES string of the molecule is O=C(Cc1cccc(Cl)c1)c1c(F)cccc1Br. The maximum absolute atomic E-state index is 13.6. The van der Waals surface area contributed by atoms with E-state index in [9.17, 15) is 9.18 Å². The lowest BCUT2D eigenvalue weighted by molar-refractivity contribution is 0.0988. The molecule has 0 unspecified atom stereocenters. The fourth-order valence-electron chi connectivity index (χ4n) is 1.68. The Morgan fingerprint density at radius 2 is 1.94 bits per heavy atom. The quantitative estimate of drug-likeness (QED) is 0.749. The molecule has 2 aromatic rings. The Hall–Kier alpha value is -1.19. The summed E-state index contributed by atoms with van der Waals surface area (Å²) < 4.78 is 14.1. The van der Waals surface area contributed by atoms with E-state index in [1.165, 1.54) is 6.07 Å². The number of halogens is 3. The van der Waals surface area contributed by atoms with E-state index in [1.807, 2.05) is 0 Å². The van der Waals surface area contributed by atoms with Crippen LogP contribution in [0.25, 0.3) is 0 Å². The molecular formula is C14H9BrClFO. The van der Waals surface area contributed by atoms with Gasteiger partial charge in [-0.05, 0) is 45.8 Å². The van der Waals surface area contributed by atoms with Crippen molar-refractivity contribution in [2.75, 3.05) is 0 Å². The van der Waals surface area contributed by atoms with Crippen molar-refractivity contribution < 1.29 is 9.18 Å². The minimum atomic E-state index is -0.517. The van der Waals surface area contributed by atoms with Crippen molar-refractivity contribution in [2.24, 2.45) is 0 Å². The van der Waals surface area contributed by atoms with Crippen LogP contribution in [0.4, 0.5) is 4.39 Å². The Morgan fingerprint density at radius 3 is 2.61 bits per heavy atom. The maximum Gasteiger partial charge on any atom is 0.171 e. The number of carbonyl (C=O) groups is 1. The van der Waals surface area contributed by atoms with E-state index in [-0.39, 0.29) is 17.8 Å². The number of Topliss-reactive ketones (excluding diaryl/α,β-unsaturated/α-hetero) is 1. The summed E-state index contributed by atoms with van der Waals surface area (Å²) in [5.74, 6) is -0.793. The molecule has 0 saturated carbocycles. The summed E-state index contributed by atoms with van der Waals surface area (Å²) in [6.45, 7) is 0. The van der Waals surface area contributed by atoms with Crippen LogP contribution >= 0.6 is 27.5 Å². The van der Waals surface area contributed by atoms with Crippen LogP contribution < -0.4 is 0 Å². The highest BCUT2D eigenvalue weighted by molar-refractivity contribution is 9.10. The van der Waals surface area contributed by atoms with Crippen LogP contribution in [0.5, 0.6) is 0 Å². The van der Waals surface area contributed by atoms with Crippen LogP contribution in [0, 0.1) is 5.82 Å². The Bertz CT molecular complexity index is 578. The Kier molecular flexibility index (Phi) is 4.15. The molecule has 0 N–H and O–H groups in total. The van der Waals surface area contributed by atoms with Gasteiger partial charge in [0.1, 0.15) is 5.82 Å². The highest BCUT2D eigenvalue weighted by Gasteiger charge is 2.15. The smallest absolute Gasteiger partial charge is 0.171 e. The normalized spacial score (nSPS) is 10.4. The predicted octanol–water partition coefficient (Wildman–Crippen LogP) is 4.67. The average Bonchev–Trinajstić information content (AvgIpc) is 2.28. The Balaban J connectivity index is 2.28. The third kappa shape index (κ3) is 2.98. The van der Waals surface area contributed by atoms with E-state index in [0.29, 0.717) is 9.50 Å². The van der Waals surface area contributed by atoms with Crippen molar-refractivity contribution >= 4 is 33.3 Å². The molecule has 0 atom stereocenters. The molecule has 0 spiro atoms. The Morgan fingerprint density at radius 1 is 1.22 bits per heavy atom. The van der Waals surface area contributed by atoms with Crippen LogP contribution in [0.3, 0.4) is 0 Å². The van der Waals surface area contributed by atoms with Crippen molar-refractivity contribution in [2.45, 2.75) is 6.42 Å². The average molecular weight is 328 g/mol. The van der Waals surface area contributed by atoms with Crippen LogP contribution in [0.1, 0.15) is 15.9 Å². The van der Waals surface area contributed by atoms with Gasteiger partial charge in [-0.1, -0.05) is 29.8 Å². The molecule has 0 aliphatic rings. The number of ketones is 1. The molecule has 0 saturated heterocycles. The molecule has 2 aromatic carbocycles. The Labute approximate surface area is 118 Å². The third-order valence-corrected chi connectivity index (χ3v) is 3.39. The number of carbonyl (C=O) groups excluding carboxylic acids is 1. The van der Waals surface area contributed by atoms with E-state index in [1.54, 1.807) is 36.4 Å². The van der Waals surface area contributed by atoms with Gasteiger partial charge >= 0.3 is 0 Å². The summed E-state index contributed by atoms with van der Waals surface area (Å²) in [5.41, 5.74) is 0.847. The van der Waals surface area contributed by atoms with E-state index in [0.717, 1.165) is 5.56 Å². The zero-order valence-corrected chi connectivity index (χ0v) is 11.6. The van der Waals surface area contributed by atoms with Gasteiger partial charge in [0.15, 0.2) is 5.78 Å². The summed E-state index contributed by atoms with van der Waals surface area (Å²) in [4.78, 5) is 12.1. The van der Waals surface area contributed by atoms with Crippen molar-refractivity contribution in [3.63, 3.8) is 0 Å². The molecule has 0 bridgehead atoms. The van der Waals surface area contributed by atoms with Gasteiger partial charge in [0, 0.05) is 15.9 Å². The highest BCUT2D eigenvalue weighted by Crippen LogP contribution is 2.22. The van der Waals surface area contributed by atoms with Gasteiger partial charge in [-0.2, -0.15) is 0 Å². The van der Waals surface area contributed by atoms with Crippen molar-refractivity contribution in [1.82, 2.24) is 0 Å². The second-order valence-electron chi connectivity index (χ2n) is 3.83. The molecule has 0 aromatic heterocycles. The van der Waals surface area contributed by atoms with Gasteiger partial charge in [-0.15, -0.1) is 0 Å². The lowest BCUT2D eigenvalue weighted by Crippen LogP contribution is -2.07. The zero-order valence-electron chi connectivity index (χ0n) is 9.29. The predicted molar refractivity (Wildman–Crippen MR) is 73.6 cm³/mol. The summed E-state index contributed by atoms with van der Waals surface area (Å²) >= 11 is 9.03.